The predicted octanol–water partition coefficient (Wildman–Crippen LogP) is 4.36. The molecule has 0 N–H and O–H groups in total. The van der Waals surface area contributed by atoms with Crippen molar-refractivity contribution in [2.75, 3.05) is 0 Å². The van der Waals surface area contributed by atoms with Gasteiger partial charge < -0.3 is 4.74 Å². The molecule has 78 valence electrons. The van der Waals surface area contributed by atoms with Gasteiger partial charge in [-0.05, 0) is 45.4 Å². The Bertz CT molecular complexity index is 282. The molecule has 0 heterocycles. The van der Waals surface area contributed by atoms with Crippen LogP contribution in [-0.2, 0) is 0 Å². The molecule has 1 nitrogen and oxygen atoms in total. The lowest BCUT2D eigenvalue weighted by Crippen LogP contribution is -2.22. The van der Waals surface area contributed by atoms with Crippen LogP contribution in [0.3, 0.4) is 0 Å². The molecule has 1 aromatic rings. The molecule has 0 bridgehead atoms. The van der Waals surface area contributed by atoms with Crippen molar-refractivity contribution in [1.29, 1.82) is 0 Å². The van der Waals surface area contributed by atoms with Crippen molar-refractivity contribution in [1.82, 2.24) is 0 Å². The van der Waals surface area contributed by atoms with E-state index in [1.807, 2.05) is 12.1 Å². The molecule has 14 heavy (non-hydrogen) atoms. The van der Waals surface area contributed by atoms with Gasteiger partial charge in [0.25, 0.3) is 0 Å². The van der Waals surface area contributed by atoms with Gasteiger partial charge in [-0.3, -0.25) is 0 Å². The van der Waals surface area contributed by atoms with E-state index in [9.17, 15) is 0 Å². The lowest BCUT2D eigenvalue weighted by molar-refractivity contribution is 0.131. The molecule has 2 heteroatoms. The molecular weight excluding hydrogens is 287 g/mol. The van der Waals surface area contributed by atoms with E-state index in [0.717, 1.165) is 5.75 Å². The molecule has 0 saturated heterocycles. The number of hydrogen-bond acceptors (Lipinski definition) is 1. The van der Waals surface area contributed by atoms with Gasteiger partial charge in [0.2, 0.25) is 0 Å². The van der Waals surface area contributed by atoms with Crippen LogP contribution in [0.1, 0.15) is 37.2 Å². The highest BCUT2D eigenvalue weighted by Gasteiger charge is 2.11. The SMILES string of the molecule is CC(I)c1ccc(OC(C)(C)C)cc1. The third-order valence-corrected chi connectivity index (χ3v) is 2.48. The highest BCUT2D eigenvalue weighted by molar-refractivity contribution is 14.1. The van der Waals surface area contributed by atoms with E-state index < -0.39 is 0 Å². The maximum Gasteiger partial charge on any atom is 0.120 e. The van der Waals surface area contributed by atoms with Crippen molar-refractivity contribution in [2.24, 2.45) is 0 Å². The first-order valence-electron chi connectivity index (χ1n) is 4.81. The van der Waals surface area contributed by atoms with Crippen LogP contribution in [0.25, 0.3) is 0 Å². The molecule has 1 atom stereocenters. The summed E-state index contributed by atoms with van der Waals surface area (Å²) in [6.45, 7) is 8.35. The van der Waals surface area contributed by atoms with E-state index in [2.05, 4.69) is 62.4 Å². The summed E-state index contributed by atoms with van der Waals surface area (Å²) in [5.41, 5.74) is 1.23. The van der Waals surface area contributed by atoms with E-state index >= 15 is 0 Å². The number of ether oxygens (including phenoxy) is 1. The molecule has 0 aliphatic heterocycles. The van der Waals surface area contributed by atoms with E-state index in [4.69, 9.17) is 4.74 Å². The molecule has 1 aromatic carbocycles. The van der Waals surface area contributed by atoms with Crippen molar-refractivity contribution in [3.05, 3.63) is 29.8 Å². The summed E-state index contributed by atoms with van der Waals surface area (Å²) < 4.78 is 6.29. The smallest absolute Gasteiger partial charge is 0.120 e. The Balaban J connectivity index is 2.74. The Kier molecular flexibility index (Phi) is 3.81. The summed E-state index contributed by atoms with van der Waals surface area (Å²) in [5, 5.41) is 0. The van der Waals surface area contributed by atoms with Crippen LogP contribution in [-0.4, -0.2) is 5.60 Å². The number of benzene rings is 1. The minimum Gasteiger partial charge on any atom is -0.488 e. The summed E-state index contributed by atoms with van der Waals surface area (Å²) in [4.78, 5) is 0. The van der Waals surface area contributed by atoms with Crippen LogP contribution >= 0.6 is 22.6 Å². The Labute approximate surface area is 100.0 Å². The van der Waals surface area contributed by atoms with Gasteiger partial charge in [0.05, 0.1) is 0 Å². The van der Waals surface area contributed by atoms with Crippen LogP contribution < -0.4 is 4.74 Å². The zero-order valence-electron chi connectivity index (χ0n) is 9.17. The fraction of sp³-hybridized carbons (Fsp3) is 0.500. The summed E-state index contributed by atoms with van der Waals surface area (Å²) >= 11 is 2.41. The summed E-state index contributed by atoms with van der Waals surface area (Å²) in [6.07, 6.45) is 0. The molecule has 0 radical (unpaired) electrons. The molecule has 0 aliphatic rings. The molecule has 0 aromatic heterocycles. The van der Waals surface area contributed by atoms with Crippen LogP contribution in [0.4, 0.5) is 0 Å². The van der Waals surface area contributed by atoms with Gasteiger partial charge in [-0.25, -0.2) is 0 Å². The number of alkyl halides is 1. The second kappa shape index (κ2) is 4.51. The number of halogens is 1. The van der Waals surface area contributed by atoms with Crippen LogP contribution in [0.5, 0.6) is 5.75 Å². The highest BCUT2D eigenvalue weighted by atomic mass is 127. The molecule has 0 fully saturated rings. The first kappa shape index (κ1) is 11.8. The largest absolute Gasteiger partial charge is 0.488 e. The zero-order valence-corrected chi connectivity index (χ0v) is 11.3. The second-order valence-corrected chi connectivity index (χ2v) is 6.27. The van der Waals surface area contributed by atoms with Gasteiger partial charge >= 0.3 is 0 Å². The van der Waals surface area contributed by atoms with Gasteiger partial charge in [-0.2, -0.15) is 0 Å². The maximum absolute atomic E-state index is 5.73. The maximum atomic E-state index is 5.73. The number of rotatable bonds is 2. The lowest BCUT2D eigenvalue weighted by atomic mass is 10.1. The second-order valence-electron chi connectivity index (χ2n) is 4.40. The minimum atomic E-state index is -0.114. The van der Waals surface area contributed by atoms with E-state index in [0.29, 0.717) is 3.92 Å². The quantitative estimate of drug-likeness (QED) is 0.583. The molecule has 0 spiro atoms. The third kappa shape index (κ3) is 3.86. The Morgan fingerprint density at radius 2 is 1.64 bits per heavy atom. The molecular formula is C12H17IO. The normalized spacial score (nSPS) is 13.8. The first-order chi connectivity index (χ1) is 6.38. The van der Waals surface area contributed by atoms with Crippen molar-refractivity contribution in [3.63, 3.8) is 0 Å². The topological polar surface area (TPSA) is 9.23 Å². The number of hydrogen-bond donors (Lipinski definition) is 0. The van der Waals surface area contributed by atoms with Gasteiger partial charge in [0.15, 0.2) is 0 Å². The zero-order chi connectivity index (χ0) is 10.8. The average Bonchev–Trinajstić information content (AvgIpc) is 2.02. The molecule has 0 amide bonds. The van der Waals surface area contributed by atoms with Gasteiger partial charge in [0, 0.05) is 3.92 Å². The Morgan fingerprint density at radius 1 is 1.14 bits per heavy atom. The van der Waals surface area contributed by atoms with Crippen LogP contribution in [0, 0.1) is 0 Å². The summed E-state index contributed by atoms with van der Waals surface area (Å²) in [6, 6.07) is 8.32. The van der Waals surface area contributed by atoms with Crippen LogP contribution in [0.2, 0.25) is 0 Å². The highest BCUT2D eigenvalue weighted by Crippen LogP contribution is 2.25. The standard InChI is InChI=1S/C12H17IO/c1-9(13)10-5-7-11(8-6-10)14-12(2,3)4/h5-9H,1-4H3. The molecule has 1 unspecified atom stereocenters. The van der Waals surface area contributed by atoms with Crippen molar-refractivity contribution < 1.29 is 4.74 Å². The van der Waals surface area contributed by atoms with Crippen molar-refractivity contribution in [2.45, 2.75) is 37.2 Å². The average molecular weight is 304 g/mol. The van der Waals surface area contributed by atoms with E-state index in [1.54, 1.807) is 0 Å². The van der Waals surface area contributed by atoms with Crippen molar-refractivity contribution >= 4 is 22.6 Å². The van der Waals surface area contributed by atoms with Crippen molar-refractivity contribution in [3.8, 4) is 5.75 Å². The first-order valence-corrected chi connectivity index (χ1v) is 6.06. The van der Waals surface area contributed by atoms with Gasteiger partial charge in [-0.15, -0.1) is 0 Å². The summed E-state index contributed by atoms with van der Waals surface area (Å²) in [5.74, 6) is 0.943. The van der Waals surface area contributed by atoms with E-state index in [-0.39, 0.29) is 5.60 Å². The van der Waals surface area contributed by atoms with Gasteiger partial charge in [-0.1, -0.05) is 34.7 Å². The van der Waals surface area contributed by atoms with Crippen LogP contribution in [0.15, 0.2) is 24.3 Å². The Morgan fingerprint density at radius 3 is 2.00 bits per heavy atom. The molecule has 1 rings (SSSR count). The van der Waals surface area contributed by atoms with Gasteiger partial charge in [0.1, 0.15) is 11.4 Å². The third-order valence-electron chi connectivity index (χ3n) is 1.76. The fourth-order valence-corrected chi connectivity index (χ4v) is 1.57. The lowest BCUT2D eigenvalue weighted by Gasteiger charge is -2.21. The van der Waals surface area contributed by atoms with E-state index in [1.165, 1.54) is 5.56 Å². The molecule has 0 aliphatic carbocycles. The summed E-state index contributed by atoms with van der Waals surface area (Å²) in [7, 11) is 0. The molecule has 0 saturated carbocycles. The predicted molar refractivity (Wildman–Crippen MR) is 69.3 cm³/mol. The minimum absolute atomic E-state index is 0.114. The monoisotopic (exact) mass is 304 g/mol. The Hall–Kier alpha value is -0.250. The fourth-order valence-electron chi connectivity index (χ4n) is 1.15.